The summed E-state index contributed by atoms with van der Waals surface area (Å²) in [5.74, 6) is 5.03. The highest BCUT2D eigenvalue weighted by atomic mass is 16.3. The number of hydrogen-bond acceptors (Lipinski definition) is 4. The van der Waals surface area contributed by atoms with E-state index in [-0.39, 0.29) is 31.7 Å². The first-order valence-electron chi connectivity index (χ1n) is 6.06. The highest BCUT2D eigenvalue weighted by Gasteiger charge is 2.18. The number of aliphatic hydroxyl groups excluding tert-OH is 2. The summed E-state index contributed by atoms with van der Waals surface area (Å²) in [6, 6.07) is 1.62. The van der Waals surface area contributed by atoms with Crippen molar-refractivity contribution in [2.75, 3.05) is 19.8 Å². The topological polar surface area (TPSA) is 73.7 Å². The van der Waals surface area contributed by atoms with Gasteiger partial charge >= 0.3 is 0 Å². The summed E-state index contributed by atoms with van der Waals surface area (Å²) in [6.45, 7) is 3.73. The molecule has 0 aromatic carbocycles. The number of amides is 1. The maximum Gasteiger partial charge on any atom is 0.255 e. The molecule has 2 N–H and O–H groups in total. The molecule has 0 spiro atoms. The molecule has 0 aliphatic carbocycles. The van der Waals surface area contributed by atoms with Crippen LogP contribution in [0.25, 0.3) is 0 Å². The van der Waals surface area contributed by atoms with Crippen molar-refractivity contribution >= 4 is 5.91 Å². The molecule has 0 fully saturated rings. The van der Waals surface area contributed by atoms with Gasteiger partial charge in [0, 0.05) is 30.5 Å². The molecule has 0 aliphatic heterocycles. The smallest absolute Gasteiger partial charge is 0.255 e. The van der Waals surface area contributed by atoms with Crippen LogP contribution < -0.4 is 0 Å². The van der Waals surface area contributed by atoms with Gasteiger partial charge in [-0.15, -0.1) is 0 Å². The lowest BCUT2D eigenvalue weighted by atomic mass is 10.1. The molecular weight excluding hydrogens is 244 g/mol. The Morgan fingerprint density at radius 3 is 2.74 bits per heavy atom. The Morgan fingerprint density at radius 2 is 2.16 bits per heavy atom. The van der Waals surface area contributed by atoms with Crippen LogP contribution in [0.1, 0.15) is 29.8 Å². The number of pyridine rings is 1. The average Bonchev–Trinajstić information content (AvgIpc) is 2.41. The largest absolute Gasteiger partial charge is 0.395 e. The lowest BCUT2D eigenvalue weighted by Gasteiger charge is -2.25. The van der Waals surface area contributed by atoms with Crippen molar-refractivity contribution in [2.24, 2.45) is 0 Å². The van der Waals surface area contributed by atoms with E-state index in [9.17, 15) is 4.79 Å². The van der Waals surface area contributed by atoms with Gasteiger partial charge < -0.3 is 15.1 Å². The SMILES string of the molecule is CC(C)N(CCO)C(=O)c1cncc(C#CCO)c1. The maximum absolute atomic E-state index is 12.3. The minimum Gasteiger partial charge on any atom is -0.395 e. The van der Waals surface area contributed by atoms with E-state index >= 15 is 0 Å². The second kappa shape index (κ2) is 7.52. The molecule has 0 saturated carbocycles. The third-order valence-corrected chi connectivity index (χ3v) is 2.52. The molecule has 0 atom stereocenters. The van der Waals surface area contributed by atoms with Crippen LogP contribution in [0.3, 0.4) is 0 Å². The third-order valence-electron chi connectivity index (χ3n) is 2.52. The Morgan fingerprint density at radius 1 is 1.42 bits per heavy atom. The van der Waals surface area contributed by atoms with E-state index in [1.807, 2.05) is 13.8 Å². The van der Waals surface area contributed by atoms with Crippen molar-refractivity contribution in [3.63, 3.8) is 0 Å². The number of aliphatic hydroxyl groups is 2. The van der Waals surface area contributed by atoms with Crippen LogP contribution in [0.5, 0.6) is 0 Å². The van der Waals surface area contributed by atoms with Crippen molar-refractivity contribution in [1.82, 2.24) is 9.88 Å². The number of carbonyl (C=O) groups excluding carboxylic acids is 1. The van der Waals surface area contributed by atoms with Gasteiger partial charge in [-0.25, -0.2) is 0 Å². The predicted molar refractivity (Wildman–Crippen MR) is 71.5 cm³/mol. The number of aromatic nitrogens is 1. The van der Waals surface area contributed by atoms with E-state index in [4.69, 9.17) is 10.2 Å². The third kappa shape index (κ3) is 4.36. The van der Waals surface area contributed by atoms with Crippen molar-refractivity contribution < 1.29 is 15.0 Å². The minimum atomic E-state index is -0.235. The zero-order valence-corrected chi connectivity index (χ0v) is 11.1. The Labute approximate surface area is 112 Å². The van der Waals surface area contributed by atoms with Crippen LogP contribution in [0.15, 0.2) is 18.5 Å². The van der Waals surface area contributed by atoms with Crippen molar-refractivity contribution in [3.05, 3.63) is 29.6 Å². The summed E-state index contributed by atoms with van der Waals surface area (Å²) in [7, 11) is 0. The fourth-order valence-electron chi connectivity index (χ4n) is 1.63. The molecule has 1 aromatic rings. The molecule has 19 heavy (non-hydrogen) atoms. The molecule has 0 saturated heterocycles. The van der Waals surface area contributed by atoms with E-state index in [2.05, 4.69) is 16.8 Å². The molecule has 0 radical (unpaired) electrons. The predicted octanol–water partition coefficient (Wildman–Crippen LogP) is 0.268. The van der Waals surface area contributed by atoms with Crippen LogP contribution >= 0.6 is 0 Å². The lowest BCUT2D eigenvalue weighted by Crippen LogP contribution is -2.39. The van der Waals surface area contributed by atoms with Gasteiger partial charge in [-0.1, -0.05) is 11.8 Å². The Hall–Kier alpha value is -1.90. The first-order valence-corrected chi connectivity index (χ1v) is 6.06. The molecule has 5 heteroatoms. The number of rotatable bonds is 4. The Kier molecular flexibility index (Phi) is 6.00. The van der Waals surface area contributed by atoms with E-state index in [0.717, 1.165) is 0 Å². The van der Waals surface area contributed by atoms with Gasteiger partial charge in [-0.05, 0) is 19.9 Å². The molecule has 5 nitrogen and oxygen atoms in total. The van der Waals surface area contributed by atoms with Crippen LogP contribution in [0.4, 0.5) is 0 Å². The van der Waals surface area contributed by atoms with Crippen molar-refractivity contribution in [2.45, 2.75) is 19.9 Å². The monoisotopic (exact) mass is 262 g/mol. The standard InChI is InChI=1S/C14H18N2O3/c1-11(2)16(5-7-18)14(19)13-8-12(4-3-6-17)9-15-10-13/h8-11,17-18H,5-7H2,1-2H3. The highest BCUT2D eigenvalue weighted by Crippen LogP contribution is 2.09. The zero-order chi connectivity index (χ0) is 14.3. The summed E-state index contributed by atoms with van der Waals surface area (Å²) in [5.41, 5.74) is 1.000. The number of hydrogen-bond donors (Lipinski definition) is 2. The van der Waals surface area contributed by atoms with Crippen LogP contribution in [-0.4, -0.2) is 51.8 Å². The number of nitrogens with zero attached hydrogens (tertiary/aromatic N) is 2. The molecule has 1 rings (SSSR count). The van der Waals surface area contributed by atoms with Gasteiger partial charge in [0.1, 0.15) is 6.61 Å². The van der Waals surface area contributed by atoms with Gasteiger partial charge in [0.25, 0.3) is 5.91 Å². The maximum atomic E-state index is 12.3. The fourth-order valence-corrected chi connectivity index (χ4v) is 1.63. The zero-order valence-electron chi connectivity index (χ0n) is 11.1. The Bertz CT molecular complexity index is 489. The lowest BCUT2D eigenvalue weighted by molar-refractivity contribution is 0.0665. The summed E-state index contributed by atoms with van der Waals surface area (Å²) < 4.78 is 0. The van der Waals surface area contributed by atoms with Gasteiger partial charge in [0.2, 0.25) is 0 Å². The summed E-state index contributed by atoms with van der Waals surface area (Å²) in [4.78, 5) is 17.8. The van der Waals surface area contributed by atoms with Crippen molar-refractivity contribution in [3.8, 4) is 11.8 Å². The number of carbonyl (C=O) groups is 1. The van der Waals surface area contributed by atoms with E-state index in [1.54, 1.807) is 11.0 Å². The van der Waals surface area contributed by atoms with Gasteiger partial charge in [-0.2, -0.15) is 0 Å². The van der Waals surface area contributed by atoms with E-state index in [0.29, 0.717) is 11.1 Å². The van der Waals surface area contributed by atoms with E-state index in [1.165, 1.54) is 12.4 Å². The molecule has 1 amide bonds. The second-order valence-corrected chi connectivity index (χ2v) is 4.24. The first kappa shape index (κ1) is 15.2. The molecule has 1 heterocycles. The molecule has 0 bridgehead atoms. The summed E-state index contributed by atoms with van der Waals surface area (Å²) >= 11 is 0. The molecule has 0 aliphatic rings. The quantitative estimate of drug-likeness (QED) is 0.764. The molecule has 1 aromatic heterocycles. The molecule has 102 valence electrons. The van der Waals surface area contributed by atoms with Crippen molar-refractivity contribution in [1.29, 1.82) is 0 Å². The minimum absolute atomic E-state index is 0.00756. The van der Waals surface area contributed by atoms with E-state index < -0.39 is 0 Å². The molecular formula is C14H18N2O3. The molecule has 0 unspecified atom stereocenters. The Balaban J connectivity index is 2.98. The summed E-state index contributed by atoms with van der Waals surface area (Å²) in [6.07, 6.45) is 3.00. The average molecular weight is 262 g/mol. The normalized spacial score (nSPS) is 9.95. The first-order chi connectivity index (χ1) is 9.10. The van der Waals surface area contributed by atoms with Crippen LogP contribution in [-0.2, 0) is 0 Å². The summed E-state index contributed by atoms with van der Waals surface area (Å²) in [5, 5.41) is 17.6. The second-order valence-electron chi connectivity index (χ2n) is 4.24. The van der Waals surface area contributed by atoms with Gasteiger partial charge in [0.15, 0.2) is 0 Å². The van der Waals surface area contributed by atoms with Gasteiger partial charge in [-0.3, -0.25) is 9.78 Å². The van der Waals surface area contributed by atoms with Gasteiger partial charge in [0.05, 0.1) is 12.2 Å². The fraction of sp³-hybridized carbons (Fsp3) is 0.429. The van der Waals surface area contributed by atoms with Crippen LogP contribution in [0, 0.1) is 11.8 Å². The van der Waals surface area contributed by atoms with Crippen LogP contribution in [0.2, 0.25) is 0 Å². The highest BCUT2D eigenvalue weighted by molar-refractivity contribution is 5.94.